The number of benzene rings is 1. The first-order valence-corrected chi connectivity index (χ1v) is 10.9. The molecule has 0 radical (unpaired) electrons. The Morgan fingerprint density at radius 3 is 2.42 bits per heavy atom. The summed E-state index contributed by atoms with van der Waals surface area (Å²) < 4.78 is 27.0. The van der Waals surface area contributed by atoms with E-state index < -0.39 is 10.0 Å². The number of sulfonamides is 1. The van der Waals surface area contributed by atoms with Gasteiger partial charge in [-0.3, -0.25) is 4.79 Å². The highest BCUT2D eigenvalue weighted by Gasteiger charge is 2.33. The zero-order valence-corrected chi connectivity index (χ0v) is 16.4. The van der Waals surface area contributed by atoms with Crippen LogP contribution in [0.15, 0.2) is 29.2 Å². The molecule has 0 bridgehead atoms. The van der Waals surface area contributed by atoms with Gasteiger partial charge in [-0.15, -0.1) is 0 Å². The Bertz CT molecular complexity index is 725. The molecule has 3 rings (SSSR count). The maximum atomic E-state index is 12.7. The number of piperidine rings is 2. The van der Waals surface area contributed by atoms with Gasteiger partial charge in [-0.25, -0.2) is 8.42 Å². The fourth-order valence-electron chi connectivity index (χ4n) is 3.80. The molecule has 6 nitrogen and oxygen atoms in total. The molecule has 2 saturated heterocycles. The molecule has 1 amide bonds. The molecule has 2 fully saturated rings. The molecular formula is C19H29N3O3S. The lowest BCUT2D eigenvalue weighted by molar-refractivity contribution is -0.127. The molecule has 2 atom stereocenters. The van der Waals surface area contributed by atoms with Crippen LogP contribution in [0, 0.1) is 12.8 Å². The van der Waals surface area contributed by atoms with E-state index in [1.165, 1.54) is 4.31 Å². The van der Waals surface area contributed by atoms with Gasteiger partial charge >= 0.3 is 0 Å². The number of nitrogens with zero attached hydrogens (tertiary/aromatic N) is 1. The first-order chi connectivity index (χ1) is 12.4. The first kappa shape index (κ1) is 19.3. The summed E-state index contributed by atoms with van der Waals surface area (Å²) in [6.07, 6.45) is 3.07. The quantitative estimate of drug-likeness (QED) is 0.834. The van der Waals surface area contributed by atoms with Crippen molar-refractivity contribution in [1.29, 1.82) is 0 Å². The van der Waals surface area contributed by atoms with E-state index in [1.54, 1.807) is 12.1 Å². The van der Waals surface area contributed by atoms with E-state index in [1.807, 2.05) is 19.1 Å². The van der Waals surface area contributed by atoms with Gasteiger partial charge in [0.25, 0.3) is 0 Å². The van der Waals surface area contributed by atoms with Crippen molar-refractivity contribution in [1.82, 2.24) is 14.9 Å². The van der Waals surface area contributed by atoms with Crippen molar-refractivity contribution in [3.63, 3.8) is 0 Å². The van der Waals surface area contributed by atoms with Crippen molar-refractivity contribution < 1.29 is 13.2 Å². The van der Waals surface area contributed by atoms with Crippen LogP contribution in [-0.2, 0) is 14.8 Å². The lowest BCUT2D eigenvalue weighted by Crippen LogP contribution is -2.49. The number of hydrogen-bond donors (Lipinski definition) is 2. The molecule has 2 N–H and O–H groups in total. The first-order valence-electron chi connectivity index (χ1n) is 9.47. The fraction of sp³-hybridized carbons (Fsp3) is 0.632. The monoisotopic (exact) mass is 379 g/mol. The highest BCUT2D eigenvalue weighted by molar-refractivity contribution is 7.89. The number of hydrogen-bond acceptors (Lipinski definition) is 4. The second kappa shape index (κ2) is 8.06. The highest BCUT2D eigenvalue weighted by Crippen LogP contribution is 2.24. The van der Waals surface area contributed by atoms with Gasteiger partial charge < -0.3 is 10.6 Å². The van der Waals surface area contributed by atoms with Crippen LogP contribution in [0.25, 0.3) is 0 Å². The second-order valence-corrected chi connectivity index (χ2v) is 9.51. The molecule has 7 heteroatoms. The smallest absolute Gasteiger partial charge is 0.243 e. The molecule has 2 unspecified atom stereocenters. The highest BCUT2D eigenvalue weighted by atomic mass is 32.2. The summed E-state index contributed by atoms with van der Waals surface area (Å²) in [5.74, 6) is -0.0128. The summed E-state index contributed by atoms with van der Waals surface area (Å²) in [7, 11) is -3.47. The zero-order chi connectivity index (χ0) is 18.7. The predicted molar refractivity (Wildman–Crippen MR) is 101 cm³/mol. The molecule has 2 aliphatic rings. The van der Waals surface area contributed by atoms with Gasteiger partial charge in [0.15, 0.2) is 0 Å². The van der Waals surface area contributed by atoms with Gasteiger partial charge in [0, 0.05) is 31.1 Å². The van der Waals surface area contributed by atoms with Crippen LogP contribution in [0.1, 0.15) is 38.2 Å². The van der Waals surface area contributed by atoms with Gasteiger partial charge in [-0.1, -0.05) is 17.7 Å². The SMILES string of the molecule is Cc1ccc(S(=O)(=O)N2CCC(C(=O)NC3CCNC(C)C3)CC2)cc1. The number of amides is 1. The molecule has 2 aliphatic heterocycles. The van der Waals surface area contributed by atoms with Crippen LogP contribution in [0.3, 0.4) is 0 Å². The molecule has 0 aliphatic carbocycles. The summed E-state index contributed by atoms with van der Waals surface area (Å²) in [5.41, 5.74) is 1.03. The topological polar surface area (TPSA) is 78.5 Å². The molecule has 1 aromatic rings. The molecule has 144 valence electrons. The van der Waals surface area contributed by atoms with Crippen molar-refractivity contribution >= 4 is 15.9 Å². The molecule has 1 aromatic carbocycles. The van der Waals surface area contributed by atoms with Crippen LogP contribution < -0.4 is 10.6 Å². The number of carbonyl (C=O) groups is 1. The molecule has 0 aromatic heterocycles. The van der Waals surface area contributed by atoms with E-state index in [0.29, 0.717) is 36.9 Å². The number of rotatable bonds is 4. The minimum atomic E-state index is -3.47. The summed E-state index contributed by atoms with van der Waals surface area (Å²) >= 11 is 0. The van der Waals surface area contributed by atoms with E-state index in [4.69, 9.17) is 0 Å². The van der Waals surface area contributed by atoms with Crippen molar-refractivity contribution in [2.75, 3.05) is 19.6 Å². The molecule has 26 heavy (non-hydrogen) atoms. The van der Waals surface area contributed by atoms with Crippen molar-refractivity contribution in [2.45, 2.75) is 56.5 Å². The normalized spacial score (nSPS) is 25.8. The van der Waals surface area contributed by atoms with Crippen LogP contribution in [0.4, 0.5) is 0 Å². The summed E-state index contributed by atoms with van der Waals surface area (Å²) in [6.45, 7) is 5.80. The lowest BCUT2D eigenvalue weighted by Gasteiger charge is -2.33. The van der Waals surface area contributed by atoms with Crippen LogP contribution in [-0.4, -0.2) is 50.3 Å². The number of nitrogens with one attached hydrogen (secondary N) is 2. The largest absolute Gasteiger partial charge is 0.353 e. The summed E-state index contributed by atoms with van der Waals surface area (Å²) in [6, 6.07) is 7.59. The zero-order valence-electron chi connectivity index (χ0n) is 15.6. The van der Waals surface area contributed by atoms with Crippen LogP contribution in [0.5, 0.6) is 0 Å². The third-order valence-electron chi connectivity index (χ3n) is 5.45. The fourth-order valence-corrected chi connectivity index (χ4v) is 5.27. The van der Waals surface area contributed by atoms with E-state index in [-0.39, 0.29) is 17.9 Å². The predicted octanol–water partition coefficient (Wildman–Crippen LogP) is 1.65. The Labute approximate surface area is 156 Å². The maximum absolute atomic E-state index is 12.7. The van der Waals surface area contributed by atoms with E-state index >= 15 is 0 Å². The van der Waals surface area contributed by atoms with Gasteiger partial charge in [-0.05, 0) is 58.2 Å². The van der Waals surface area contributed by atoms with Crippen LogP contribution >= 0.6 is 0 Å². The van der Waals surface area contributed by atoms with Crippen LogP contribution in [0.2, 0.25) is 0 Å². The Kier molecular flexibility index (Phi) is 5.99. The van der Waals surface area contributed by atoms with E-state index in [0.717, 1.165) is 24.9 Å². The van der Waals surface area contributed by atoms with Crippen molar-refractivity contribution in [3.05, 3.63) is 29.8 Å². The Morgan fingerprint density at radius 1 is 1.15 bits per heavy atom. The number of carbonyl (C=O) groups excluding carboxylic acids is 1. The van der Waals surface area contributed by atoms with E-state index in [2.05, 4.69) is 17.6 Å². The minimum Gasteiger partial charge on any atom is -0.353 e. The minimum absolute atomic E-state index is 0.0801. The Hall–Kier alpha value is -1.44. The standard InChI is InChI=1S/C19H29N3O3S/c1-14-3-5-18(6-4-14)26(24,25)22-11-8-16(9-12-22)19(23)21-17-7-10-20-15(2)13-17/h3-6,15-17,20H,7-13H2,1-2H3,(H,21,23). The third kappa shape index (κ3) is 4.45. The molecule has 0 saturated carbocycles. The molecule has 2 heterocycles. The Balaban J connectivity index is 1.55. The van der Waals surface area contributed by atoms with Gasteiger partial charge in [-0.2, -0.15) is 4.31 Å². The maximum Gasteiger partial charge on any atom is 0.243 e. The van der Waals surface area contributed by atoms with Gasteiger partial charge in [0.1, 0.15) is 0 Å². The third-order valence-corrected chi connectivity index (χ3v) is 7.37. The lowest BCUT2D eigenvalue weighted by atomic mass is 9.95. The number of aryl methyl sites for hydroxylation is 1. The average molecular weight is 380 g/mol. The van der Waals surface area contributed by atoms with Gasteiger partial charge in [0.05, 0.1) is 4.90 Å². The van der Waals surface area contributed by atoms with Gasteiger partial charge in [0.2, 0.25) is 15.9 Å². The molecular weight excluding hydrogens is 350 g/mol. The summed E-state index contributed by atoms with van der Waals surface area (Å²) in [5, 5.41) is 6.55. The van der Waals surface area contributed by atoms with Crippen molar-refractivity contribution in [2.24, 2.45) is 5.92 Å². The second-order valence-electron chi connectivity index (χ2n) is 7.58. The Morgan fingerprint density at radius 2 is 1.81 bits per heavy atom. The average Bonchev–Trinajstić information content (AvgIpc) is 2.62. The summed E-state index contributed by atoms with van der Waals surface area (Å²) in [4.78, 5) is 12.9. The molecule has 0 spiro atoms. The van der Waals surface area contributed by atoms with E-state index in [9.17, 15) is 13.2 Å². The van der Waals surface area contributed by atoms with Crippen molar-refractivity contribution in [3.8, 4) is 0 Å².